The van der Waals surface area contributed by atoms with Crippen molar-refractivity contribution in [3.8, 4) is 5.75 Å². The van der Waals surface area contributed by atoms with Crippen LogP contribution in [0.2, 0.25) is 0 Å². The first-order valence-electron chi connectivity index (χ1n) is 10.0. The molecule has 0 radical (unpaired) electrons. The van der Waals surface area contributed by atoms with Gasteiger partial charge < -0.3 is 10.1 Å². The largest absolute Gasteiger partial charge is 0.484 e. The van der Waals surface area contributed by atoms with E-state index in [9.17, 15) is 14.0 Å². The van der Waals surface area contributed by atoms with E-state index in [0.29, 0.717) is 22.7 Å². The molecule has 2 amide bonds. The molecule has 6 nitrogen and oxygen atoms in total. The van der Waals surface area contributed by atoms with Crippen LogP contribution in [0.25, 0.3) is 0 Å². The van der Waals surface area contributed by atoms with E-state index >= 15 is 0 Å². The molecular formula is C25H24FN3O3. The molecule has 2 N–H and O–H groups in total. The molecule has 7 heteroatoms. The number of hydrazone groups is 1. The molecule has 0 atom stereocenters. The Morgan fingerprint density at radius 3 is 2.34 bits per heavy atom. The van der Waals surface area contributed by atoms with Crippen molar-refractivity contribution in [2.24, 2.45) is 5.10 Å². The summed E-state index contributed by atoms with van der Waals surface area (Å²) in [7, 11) is 0. The molecular weight excluding hydrogens is 409 g/mol. The fourth-order valence-corrected chi connectivity index (χ4v) is 3.06. The van der Waals surface area contributed by atoms with Crippen molar-refractivity contribution in [2.45, 2.75) is 20.8 Å². The summed E-state index contributed by atoms with van der Waals surface area (Å²) in [6, 6.07) is 18.2. The zero-order chi connectivity index (χ0) is 23.1. The van der Waals surface area contributed by atoms with Crippen molar-refractivity contribution < 1.29 is 18.7 Å². The molecule has 3 rings (SSSR count). The van der Waals surface area contributed by atoms with Gasteiger partial charge in [-0.2, -0.15) is 5.10 Å². The van der Waals surface area contributed by atoms with Gasteiger partial charge in [0, 0.05) is 11.3 Å². The van der Waals surface area contributed by atoms with Crippen LogP contribution < -0.4 is 15.5 Å². The van der Waals surface area contributed by atoms with Crippen LogP contribution in [0.4, 0.5) is 10.1 Å². The lowest BCUT2D eigenvalue weighted by Crippen LogP contribution is -2.25. The maximum Gasteiger partial charge on any atom is 0.277 e. The van der Waals surface area contributed by atoms with Crippen molar-refractivity contribution in [1.82, 2.24) is 5.43 Å². The molecule has 32 heavy (non-hydrogen) atoms. The third kappa shape index (κ3) is 6.50. The predicted molar refractivity (Wildman–Crippen MR) is 123 cm³/mol. The zero-order valence-electron chi connectivity index (χ0n) is 18.1. The molecule has 3 aromatic carbocycles. The number of rotatable bonds is 7. The molecule has 0 aliphatic carbocycles. The molecule has 0 bridgehead atoms. The van der Waals surface area contributed by atoms with Gasteiger partial charge in [0.05, 0.1) is 5.71 Å². The van der Waals surface area contributed by atoms with Crippen molar-refractivity contribution >= 4 is 23.2 Å². The van der Waals surface area contributed by atoms with Crippen LogP contribution in [-0.2, 0) is 4.79 Å². The Kier molecular flexibility index (Phi) is 7.33. The van der Waals surface area contributed by atoms with E-state index in [1.165, 1.54) is 24.3 Å². The molecule has 0 aromatic heterocycles. The number of carbonyl (C=O) groups excluding carboxylic acids is 2. The van der Waals surface area contributed by atoms with Crippen molar-refractivity contribution in [3.63, 3.8) is 0 Å². The second-order valence-corrected chi connectivity index (χ2v) is 7.39. The third-order valence-electron chi connectivity index (χ3n) is 4.54. The third-order valence-corrected chi connectivity index (χ3v) is 4.54. The second kappa shape index (κ2) is 10.3. The molecule has 0 saturated heterocycles. The predicted octanol–water partition coefficient (Wildman–Crippen LogP) is 4.61. The minimum absolute atomic E-state index is 0.163. The molecule has 3 aromatic rings. The van der Waals surface area contributed by atoms with Gasteiger partial charge in [0.2, 0.25) is 0 Å². The topological polar surface area (TPSA) is 79.8 Å². The SMILES string of the molecule is C/C(=N\NC(=O)COc1cc(C)cc(C)c1)c1cccc(NC(=O)c2cccc(F)c2)c1. The molecule has 0 fully saturated rings. The summed E-state index contributed by atoms with van der Waals surface area (Å²) in [4.78, 5) is 24.4. The number of halogens is 1. The van der Waals surface area contributed by atoms with Gasteiger partial charge in [-0.25, -0.2) is 9.82 Å². The Hall–Kier alpha value is -4.00. The molecule has 0 aliphatic heterocycles. The Balaban J connectivity index is 1.58. The fourth-order valence-electron chi connectivity index (χ4n) is 3.06. The summed E-state index contributed by atoms with van der Waals surface area (Å²) in [5, 5.41) is 6.83. The van der Waals surface area contributed by atoms with E-state index < -0.39 is 11.7 Å². The van der Waals surface area contributed by atoms with Crippen LogP contribution in [0, 0.1) is 19.7 Å². The highest BCUT2D eigenvalue weighted by molar-refractivity contribution is 6.05. The fraction of sp³-hybridized carbons (Fsp3) is 0.160. The lowest BCUT2D eigenvalue weighted by atomic mass is 10.1. The summed E-state index contributed by atoms with van der Waals surface area (Å²) in [5.74, 6) is -0.668. The van der Waals surface area contributed by atoms with Gasteiger partial charge in [-0.3, -0.25) is 9.59 Å². The summed E-state index contributed by atoms with van der Waals surface area (Å²) in [6.45, 7) is 5.49. The van der Waals surface area contributed by atoms with Gasteiger partial charge in [0.25, 0.3) is 11.8 Å². The minimum atomic E-state index is -0.480. The number of nitrogens with one attached hydrogen (secondary N) is 2. The number of nitrogens with zero attached hydrogens (tertiary/aromatic N) is 1. The number of benzene rings is 3. The number of hydrogen-bond donors (Lipinski definition) is 2. The standard InChI is InChI=1S/C25H24FN3O3/c1-16-10-17(2)12-23(11-16)32-15-24(30)29-28-18(3)19-6-5-9-22(14-19)27-25(31)20-7-4-8-21(26)13-20/h4-14H,15H2,1-3H3,(H,27,31)(H,29,30)/b28-18+. The van der Waals surface area contributed by atoms with Gasteiger partial charge in [-0.05, 0) is 79.9 Å². The summed E-state index contributed by atoms with van der Waals surface area (Å²) in [6.07, 6.45) is 0. The summed E-state index contributed by atoms with van der Waals surface area (Å²) < 4.78 is 18.9. The Bertz CT molecular complexity index is 1150. The number of ether oxygens (including phenoxy) is 1. The van der Waals surface area contributed by atoms with Gasteiger partial charge in [-0.1, -0.05) is 24.3 Å². The van der Waals surface area contributed by atoms with E-state index in [4.69, 9.17) is 4.74 Å². The molecule has 0 spiro atoms. The van der Waals surface area contributed by atoms with Gasteiger partial charge in [0.1, 0.15) is 11.6 Å². The lowest BCUT2D eigenvalue weighted by Gasteiger charge is -2.09. The first-order valence-corrected chi connectivity index (χ1v) is 10.0. The molecule has 0 unspecified atom stereocenters. The van der Waals surface area contributed by atoms with Crippen molar-refractivity contribution in [3.05, 3.63) is 94.8 Å². The van der Waals surface area contributed by atoms with Crippen LogP contribution in [0.15, 0.2) is 71.8 Å². The number of amides is 2. The van der Waals surface area contributed by atoms with Crippen LogP contribution in [0.1, 0.15) is 34.0 Å². The average Bonchev–Trinajstić information content (AvgIpc) is 2.75. The number of anilines is 1. The molecule has 0 saturated carbocycles. The zero-order valence-corrected chi connectivity index (χ0v) is 18.1. The van der Waals surface area contributed by atoms with E-state index in [1.807, 2.05) is 32.0 Å². The number of hydrogen-bond acceptors (Lipinski definition) is 4. The summed E-state index contributed by atoms with van der Waals surface area (Å²) >= 11 is 0. The molecule has 164 valence electrons. The Morgan fingerprint density at radius 2 is 1.62 bits per heavy atom. The monoisotopic (exact) mass is 433 g/mol. The van der Waals surface area contributed by atoms with Gasteiger partial charge >= 0.3 is 0 Å². The first kappa shape index (κ1) is 22.7. The van der Waals surface area contributed by atoms with Crippen LogP contribution in [-0.4, -0.2) is 24.1 Å². The quantitative estimate of drug-likeness (QED) is 0.422. The van der Waals surface area contributed by atoms with Gasteiger partial charge in [-0.15, -0.1) is 0 Å². The first-order chi connectivity index (χ1) is 15.3. The van der Waals surface area contributed by atoms with E-state index in [-0.39, 0.29) is 18.1 Å². The maximum absolute atomic E-state index is 13.3. The lowest BCUT2D eigenvalue weighted by molar-refractivity contribution is -0.123. The average molecular weight is 433 g/mol. The Morgan fingerprint density at radius 1 is 0.938 bits per heavy atom. The smallest absolute Gasteiger partial charge is 0.277 e. The van der Waals surface area contributed by atoms with Gasteiger partial charge in [0.15, 0.2) is 6.61 Å². The highest BCUT2D eigenvalue weighted by Crippen LogP contribution is 2.16. The van der Waals surface area contributed by atoms with Crippen LogP contribution in [0.3, 0.4) is 0 Å². The minimum Gasteiger partial charge on any atom is -0.484 e. The van der Waals surface area contributed by atoms with Crippen LogP contribution >= 0.6 is 0 Å². The molecule has 0 heterocycles. The van der Waals surface area contributed by atoms with E-state index in [2.05, 4.69) is 15.8 Å². The Labute approximate surface area is 186 Å². The van der Waals surface area contributed by atoms with Crippen molar-refractivity contribution in [1.29, 1.82) is 0 Å². The van der Waals surface area contributed by atoms with Crippen molar-refractivity contribution in [2.75, 3.05) is 11.9 Å². The highest BCUT2D eigenvalue weighted by Gasteiger charge is 2.09. The van der Waals surface area contributed by atoms with E-state index in [1.54, 1.807) is 31.2 Å². The number of carbonyl (C=O) groups is 2. The maximum atomic E-state index is 13.3. The number of aryl methyl sites for hydroxylation is 2. The summed E-state index contributed by atoms with van der Waals surface area (Å²) in [5.41, 5.74) is 6.57. The second-order valence-electron chi connectivity index (χ2n) is 7.39. The normalized spacial score (nSPS) is 11.1. The van der Waals surface area contributed by atoms with Crippen LogP contribution in [0.5, 0.6) is 5.75 Å². The highest BCUT2D eigenvalue weighted by atomic mass is 19.1. The molecule has 0 aliphatic rings. The van der Waals surface area contributed by atoms with E-state index in [0.717, 1.165) is 11.1 Å².